The molecule has 0 aliphatic carbocycles. The van der Waals surface area contributed by atoms with Crippen molar-refractivity contribution in [1.29, 1.82) is 0 Å². The second-order valence-electron chi connectivity index (χ2n) is 6.63. The maximum absolute atomic E-state index is 13.0. The van der Waals surface area contributed by atoms with Gasteiger partial charge in [-0.05, 0) is 76.8 Å². The highest BCUT2D eigenvalue weighted by Crippen LogP contribution is 2.26. The van der Waals surface area contributed by atoms with Crippen LogP contribution in [0, 0.1) is 0 Å². The molecule has 30 heavy (non-hydrogen) atoms. The molecule has 0 saturated carbocycles. The number of carbonyl (C=O) groups excluding carboxylic acids is 1. The second-order valence-corrected chi connectivity index (χ2v) is 7.84. The van der Waals surface area contributed by atoms with E-state index in [1.165, 1.54) is 5.56 Å². The summed E-state index contributed by atoms with van der Waals surface area (Å²) in [5.41, 5.74) is 4.27. The third-order valence-electron chi connectivity index (χ3n) is 4.54. The molecule has 1 amide bonds. The predicted molar refractivity (Wildman–Crippen MR) is 123 cm³/mol. The Morgan fingerprint density at radius 1 is 1.03 bits per heavy atom. The fourth-order valence-electron chi connectivity index (χ4n) is 2.97. The maximum atomic E-state index is 13.0. The quantitative estimate of drug-likeness (QED) is 0.387. The summed E-state index contributed by atoms with van der Waals surface area (Å²) in [4.78, 5) is 21.6. The molecule has 0 bridgehead atoms. The van der Waals surface area contributed by atoms with Crippen LogP contribution in [-0.4, -0.2) is 22.4 Å². The molecule has 0 radical (unpaired) electrons. The molecule has 4 aromatic rings. The van der Waals surface area contributed by atoms with E-state index >= 15 is 0 Å². The van der Waals surface area contributed by atoms with E-state index in [0.29, 0.717) is 28.6 Å². The number of rotatable bonds is 7. The predicted octanol–water partition coefficient (Wildman–Crippen LogP) is 5.77. The number of hydrogen-bond donors (Lipinski definition) is 2. The van der Waals surface area contributed by atoms with E-state index in [1.807, 2.05) is 35.0 Å². The Hall–Kier alpha value is -3.22. The van der Waals surface area contributed by atoms with Crippen LogP contribution in [0.3, 0.4) is 0 Å². The number of carbonyl (C=O) groups is 1. The lowest BCUT2D eigenvalue weighted by atomic mass is 10.1. The number of halogens is 1. The molecule has 0 aliphatic rings. The Balaban J connectivity index is 1.56. The number of amides is 1. The van der Waals surface area contributed by atoms with Gasteiger partial charge in [0.2, 0.25) is 0 Å². The van der Waals surface area contributed by atoms with Gasteiger partial charge in [-0.2, -0.15) is 11.3 Å². The van der Waals surface area contributed by atoms with Gasteiger partial charge in [0.25, 0.3) is 5.91 Å². The van der Waals surface area contributed by atoms with Crippen molar-refractivity contribution in [2.45, 2.75) is 6.42 Å². The fourth-order valence-corrected chi connectivity index (χ4v) is 3.76. The Labute approximate surface area is 183 Å². The zero-order valence-electron chi connectivity index (χ0n) is 16.0. The SMILES string of the molecule is O=C(Nc1ccc(Cl)cc1)c1cc(-c2ccsc2)cnc1NCCc1ccncc1. The van der Waals surface area contributed by atoms with Gasteiger partial charge in [0.15, 0.2) is 0 Å². The molecule has 5 nitrogen and oxygen atoms in total. The van der Waals surface area contributed by atoms with E-state index in [1.54, 1.807) is 54.2 Å². The van der Waals surface area contributed by atoms with Crippen LogP contribution in [0.25, 0.3) is 11.1 Å². The molecule has 1 aromatic carbocycles. The van der Waals surface area contributed by atoms with Gasteiger partial charge in [0.05, 0.1) is 5.56 Å². The van der Waals surface area contributed by atoms with E-state index in [4.69, 9.17) is 11.6 Å². The number of aromatic nitrogens is 2. The third-order valence-corrected chi connectivity index (χ3v) is 5.48. The molecule has 7 heteroatoms. The summed E-state index contributed by atoms with van der Waals surface area (Å²) < 4.78 is 0. The largest absolute Gasteiger partial charge is 0.369 e. The molecule has 4 rings (SSSR count). The first kappa shape index (κ1) is 20.1. The molecular weight excluding hydrogens is 416 g/mol. The van der Waals surface area contributed by atoms with Crippen LogP contribution in [0.5, 0.6) is 0 Å². The first-order chi connectivity index (χ1) is 14.7. The number of nitrogens with zero attached hydrogens (tertiary/aromatic N) is 2. The summed E-state index contributed by atoms with van der Waals surface area (Å²) >= 11 is 7.55. The monoisotopic (exact) mass is 434 g/mol. The number of benzene rings is 1. The number of nitrogens with one attached hydrogen (secondary N) is 2. The van der Waals surface area contributed by atoms with E-state index in [2.05, 4.69) is 20.6 Å². The lowest BCUT2D eigenvalue weighted by Gasteiger charge is -2.13. The zero-order chi connectivity index (χ0) is 20.8. The van der Waals surface area contributed by atoms with Crippen molar-refractivity contribution in [3.63, 3.8) is 0 Å². The minimum atomic E-state index is -0.228. The van der Waals surface area contributed by atoms with Crippen LogP contribution < -0.4 is 10.6 Å². The minimum absolute atomic E-state index is 0.228. The molecule has 0 unspecified atom stereocenters. The van der Waals surface area contributed by atoms with Crippen molar-refractivity contribution >= 4 is 40.4 Å². The molecule has 0 spiro atoms. The van der Waals surface area contributed by atoms with E-state index < -0.39 is 0 Å². The number of thiophene rings is 1. The van der Waals surface area contributed by atoms with Crippen molar-refractivity contribution < 1.29 is 4.79 Å². The van der Waals surface area contributed by atoms with Crippen molar-refractivity contribution in [2.75, 3.05) is 17.2 Å². The molecular formula is C23H19ClN4OS. The average molecular weight is 435 g/mol. The molecule has 3 heterocycles. The summed E-state index contributed by atoms with van der Waals surface area (Å²) in [6.45, 7) is 0.649. The Morgan fingerprint density at radius 3 is 2.57 bits per heavy atom. The second kappa shape index (κ2) is 9.52. The summed E-state index contributed by atoms with van der Waals surface area (Å²) in [6, 6.07) is 14.9. The average Bonchev–Trinajstić information content (AvgIpc) is 3.31. The molecule has 0 aliphatic heterocycles. The van der Waals surface area contributed by atoms with Crippen LogP contribution in [0.2, 0.25) is 5.02 Å². The number of hydrogen-bond acceptors (Lipinski definition) is 5. The van der Waals surface area contributed by atoms with E-state index in [-0.39, 0.29) is 5.91 Å². The molecule has 0 saturated heterocycles. The summed E-state index contributed by atoms with van der Waals surface area (Å²) in [5, 5.41) is 10.9. The Bertz CT molecular complexity index is 1120. The van der Waals surface area contributed by atoms with Crippen molar-refractivity contribution in [2.24, 2.45) is 0 Å². The van der Waals surface area contributed by atoms with Crippen LogP contribution in [0.4, 0.5) is 11.5 Å². The van der Waals surface area contributed by atoms with Gasteiger partial charge in [0.1, 0.15) is 5.82 Å². The van der Waals surface area contributed by atoms with Gasteiger partial charge in [-0.1, -0.05) is 11.6 Å². The van der Waals surface area contributed by atoms with Gasteiger partial charge >= 0.3 is 0 Å². The Morgan fingerprint density at radius 2 is 1.83 bits per heavy atom. The summed E-state index contributed by atoms with van der Waals surface area (Å²) in [6.07, 6.45) is 6.13. The molecule has 0 atom stereocenters. The lowest BCUT2D eigenvalue weighted by molar-refractivity contribution is 0.102. The number of anilines is 2. The van der Waals surface area contributed by atoms with Crippen molar-refractivity contribution in [3.05, 3.63) is 94.0 Å². The highest BCUT2D eigenvalue weighted by atomic mass is 35.5. The molecule has 0 fully saturated rings. The zero-order valence-corrected chi connectivity index (χ0v) is 17.6. The standard InChI is InChI=1S/C23H19ClN4OS/c24-19-1-3-20(4-2-19)28-23(29)21-13-18(17-8-12-30-15-17)14-27-22(21)26-11-7-16-5-9-25-10-6-16/h1-6,8-10,12-15H,7,11H2,(H,26,27)(H,28,29). The minimum Gasteiger partial charge on any atom is -0.369 e. The highest BCUT2D eigenvalue weighted by Gasteiger charge is 2.15. The van der Waals surface area contributed by atoms with Crippen molar-refractivity contribution in [3.8, 4) is 11.1 Å². The van der Waals surface area contributed by atoms with Gasteiger partial charge in [-0.3, -0.25) is 9.78 Å². The van der Waals surface area contributed by atoms with Gasteiger partial charge in [-0.15, -0.1) is 0 Å². The number of pyridine rings is 2. The summed E-state index contributed by atoms with van der Waals surface area (Å²) in [7, 11) is 0. The smallest absolute Gasteiger partial charge is 0.259 e. The first-order valence-corrected chi connectivity index (χ1v) is 10.7. The summed E-state index contributed by atoms with van der Waals surface area (Å²) in [5.74, 6) is 0.322. The highest BCUT2D eigenvalue weighted by molar-refractivity contribution is 7.08. The third kappa shape index (κ3) is 5.03. The van der Waals surface area contributed by atoms with Gasteiger partial charge in [-0.25, -0.2) is 4.98 Å². The molecule has 3 aromatic heterocycles. The van der Waals surface area contributed by atoms with Crippen LogP contribution >= 0.6 is 22.9 Å². The Kier molecular flexibility index (Phi) is 6.37. The molecule has 150 valence electrons. The van der Waals surface area contributed by atoms with Gasteiger partial charge in [0, 0.05) is 41.4 Å². The molecule has 2 N–H and O–H groups in total. The topological polar surface area (TPSA) is 66.9 Å². The van der Waals surface area contributed by atoms with Crippen molar-refractivity contribution in [1.82, 2.24) is 9.97 Å². The first-order valence-electron chi connectivity index (χ1n) is 9.41. The van der Waals surface area contributed by atoms with Gasteiger partial charge < -0.3 is 10.6 Å². The fraction of sp³-hybridized carbons (Fsp3) is 0.0870. The maximum Gasteiger partial charge on any atom is 0.259 e. The van der Waals surface area contributed by atoms with Crippen LogP contribution in [-0.2, 0) is 6.42 Å². The normalized spacial score (nSPS) is 10.6. The van der Waals surface area contributed by atoms with Crippen LogP contribution in [0.15, 0.2) is 77.9 Å². The lowest BCUT2D eigenvalue weighted by Crippen LogP contribution is -2.17. The van der Waals surface area contributed by atoms with E-state index in [0.717, 1.165) is 17.5 Å². The van der Waals surface area contributed by atoms with E-state index in [9.17, 15) is 4.79 Å². The van der Waals surface area contributed by atoms with Crippen LogP contribution in [0.1, 0.15) is 15.9 Å².